The van der Waals surface area contributed by atoms with E-state index in [0.717, 1.165) is 19.3 Å². The van der Waals surface area contributed by atoms with Gasteiger partial charge in [-0.25, -0.2) is 0 Å². The summed E-state index contributed by atoms with van der Waals surface area (Å²) in [6, 6.07) is 9.01. The minimum absolute atomic E-state index is 0.549. The fraction of sp³-hybridized carbons (Fsp3) is 0.333. The van der Waals surface area contributed by atoms with Gasteiger partial charge in [0.15, 0.2) is 0 Å². The lowest BCUT2D eigenvalue weighted by Gasteiger charge is -2.07. The van der Waals surface area contributed by atoms with Gasteiger partial charge in [-0.2, -0.15) is 0 Å². The number of fused-ring (bicyclic) bond motifs is 1. The molecule has 1 heteroatoms. The van der Waals surface area contributed by atoms with E-state index in [4.69, 9.17) is 6.42 Å². The Morgan fingerprint density at radius 1 is 1.46 bits per heavy atom. The summed E-state index contributed by atoms with van der Waals surface area (Å²) in [7, 11) is 0. The molecule has 1 aromatic carbocycles. The van der Waals surface area contributed by atoms with Gasteiger partial charge in [0.05, 0.1) is 0 Å². The molecule has 0 saturated heterocycles. The molecule has 1 aromatic rings. The zero-order valence-electron chi connectivity index (χ0n) is 7.59. The van der Waals surface area contributed by atoms with Gasteiger partial charge < -0.3 is 5.32 Å². The van der Waals surface area contributed by atoms with Gasteiger partial charge in [0, 0.05) is 18.2 Å². The average Bonchev–Trinajstić information content (AvgIpc) is 2.57. The Bertz CT molecular complexity index is 310. The molecule has 0 saturated carbocycles. The van der Waals surface area contributed by atoms with Crippen molar-refractivity contribution in [1.82, 2.24) is 0 Å². The molecule has 1 aliphatic rings. The van der Waals surface area contributed by atoms with Crippen LogP contribution >= 0.6 is 0 Å². The first kappa shape index (κ1) is 8.19. The highest BCUT2D eigenvalue weighted by atomic mass is 14.9. The van der Waals surface area contributed by atoms with Crippen molar-refractivity contribution in [1.29, 1.82) is 0 Å². The molecule has 1 aliphatic heterocycles. The van der Waals surface area contributed by atoms with Crippen LogP contribution in [0.15, 0.2) is 24.3 Å². The molecular weight excluding hydrogens is 158 g/mol. The Morgan fingerprint density at radius 2 is 2.31 bits per heavy atom. The van der Waals surface area contributed by atoms with Crippen molar-refractivity contribution >= 4 is 5.69 Å². The summed E-state index contributed by atoms with van der Waals surface area (Å²) >= 11 is 0. The van der Waals surface area contributed by atoms with Crippen molar-refractivity contribution in [2.24, 2.45) is 0 Å². The first-order valence-corrected chi connectivity index (χ1v) is 4.68. The number of hydrogen-bond donors (Lipinski definition) is 1. The van der Waals surface area contributed by atoms with Crippen LogP contribution in [0.3, 0.4) is 0 Å². The maximum absolute atomic E-state index is 5.23. The summed E-state index contributed by atoms with van der Waals surface area (Å²) in [5.74, 6) is 2.68. The van der Waals surface area contributed by atoms with Gasteiger partial charge >= 0.3 is 0 Å². The van der Waals surface area contributed by atoms with Crippen LogP contribution in [0.4, 0.5) is 5.69 Å². The van der Waals surface area contributed by atoms with Crippen molar-refractivity contribution in [3.63, 3.8) is 0 Å². The third-order valence-electron chi connectivity index (χ3n) is 2.48. The Balaban J connectivity index is 2.02. The standard InChI is InChI=1S/C12H13N/c1-2-3-7-11-9-10-6-4-5-8-12(10)13-11/h1,4-6,8,11,13H,3,7,9H2. The number of anilines is 1. The molecule has 0 fully saturated rings. The average molecular weight is 171 g/mol. The second-order valence-electron chi connectivity index (χ2n) is 3.45. The predicted molar refractivity (Wildman–Crippen MR) is 55.6 cm³/mol. The quantitative estimate of drug-likeness (QED) is 0.674. The summed E-state index contributed by atoms with van der Waals surface area (Å²) in [6.07, 6.45) is 8.30. The van der Waals surface area contributed by atoms with E-state index in [-0.39, 0.29) is 0 Å². The second-order valence-corrected chi connectivity index (χ2v) is 3.45. The maximum Gasteiger partial charge on any atom is 0.0375 e. The number of terminal acetylenes is 1. The van der Waals surface area contributed by atoms with Gasteiger partial charge in [0.2, 0.25) is 0 Å². The van der Waals surface area contributed by atoms with Crippen molar-refractivity contribution in [2.75, 3.05) is 5.32 Å². The number of para-hydroxylation sites is 1. The zero-order valence-corrected chi connectivity index (χ0v) is 7.59. The third-order valence-corrected chi connectivity index (χ3v) is 2.48. The number of benzene rings is 1. The number of nitrogens with one attached hydrogen (secondary N) is 1. The highest BCUT2D eigenvalue weighted by Gasteiger charge is 2.18. The van der Waals surface area contributed by atoms with E-state index in [1.807, 2.05) is 0 Å². The molecular formula is C12H13N. The van der Waals surface area contributed by atoms with Crippen molar-refractivity contribution in [3.05, 3.63) is 29.8 Å². The van der Waals surface area contributed by atoms with E-state index < -0.39 is 0 Å². The molecule has 0 aromatic heterocycles. The van der Waals surface area contributed by atoms with E-state index in [0.29, 0.717) is 6.04 Å². The molecule has 0 spiro atoms. The fourth-order valence-corrected chi connectivity index (χ4v) is 1.81. The fourth-order valence-electron chi connectivity index (χ4n) is 1.81. The lowest BCUT2D eigenvalue weighted by atomic mass is 10.1. The topological polar surface area (TPSA) is 12.0 Å². The minimum Gasteiger partial charge on any atom is -0.382 e. The number of rotatable bonds is 2. The summed E-state index contributed by atoms with van der Waals surface area (Å²) in [5.41, 5.74) is 2.70. The van der Waals surface area contributed by atoms with Crippen molar-refractivity contribution in [3.8, 4) is 12.3 Å². The van der Waals surface area contributed by atoms with Crippen LogP contribution < -0.4 is 5.32 Å². The molecule has 66 valence electrons. The molecule has 1 unspecified atom stereocenters. The molecule has 0 radical (unpaired) electrons. The van der Waals surface area contributed by atoms with E-state index >= 15 is 0 Å². The Morgan fingerprint density at radius 3 is 3.08 bits per heavy atom. The lowest BCUT2D eigenvalue weighted by molar-refractivity contribution is 0.692. The molecule has 0 bridgehead atoms. The molecule has 1 N–H and O–H groups in total. The van der Waals surface area contributed by atoms with Crippen LogP contribution in [0.1, 0.15) is 18.4 Å². The highest BCUT2D eigenvalue weighted by molar-refractivity contribution is 5.56. The second kappa shape index (κ2) is 3.53. The number of hydrogen-bond acceptors (Lipinski definition) is 1. The van der Waals surface area contributed by atoms with Crippen LogP contribution in [-0.4, -0.2) is 6.04 Å². The first-order valence-electron chi connectivity index (χ1n) is 4.68. The normalized spacial score (nSPS) is 18.8. The minimum atomic E-state index is 0.549. The van der Waals surface area contributed by atoms with Crippen LogP contribution in [0.5, 0.6) is 0 Å². The summed E-state index contributed by atoms with van der Waals surface area (Å²) < 4.78 is 0. The van der Waals surface area contributed by atoms with Crippen LogP contribution in [0, 0.1) is 12.3 Å². The van der Waals surface area contributed by atoms with E-state index in [1.165, 1.54) is 11.3 Å². The molecule has 1 atom stereocenters. The van der Waals surface area contributed by atoms with Crippen LogP contribution in [0.25, 0.3) is 0 Å². The highest BCUT2D eigenvalue weighted by Crippen LogP contribution is 2.26. The molecule has 2 rings (SSSR count). The zero-order chi connectivity index (χ0) is 9.10. The molecule has 1 heterocycles. The van der Waals surface area contributed by atoms with Crippen molar-refractivity contribution < 1.29 is 0 Å². The van der Waals surface area contributed by atoms with Crippen LogP contribution in [0.2, 0.25) is 0 Å². The Kier molecular flexibility index (Phi) is 2.23. The predicted octanol–water partition coefficient (Wildman–Crippen LogP) is 2.44. The molecule has 13 heavy (non-hydrogen) atoms. The SMILES string of the molecule is C#CCCC1Cc2ccccc2N1. The van der Waals surface area contributed by atoms with E-state index in [1.54, 1.807) is 0 Å². The summed E-state index contributed by atoms with van der Waals surface area (Å²) in [4.78, 5) is 0. The van der Waals surface area contributed by atoms with Gasteiger partial charge in [-0.1, -0.05) is 18.2 Å². The maximum atomic E-state index is 5.23. The molecule has 1 nitrogen and oxygen atoms in total. The summed E-state index contributed by atoms with van der Waals surface area (Å²) in [5, 5.41) is 3.47. The van der Waals surface area contributed by atoms with Gasteiger partial charge in [0.25, 0.3) is 0 Å². The smallest absolute Gasteiger partial charge is 0.0375 e. The van der Waals surface area contributed by atoms with E-state index in [2.05, 4.69) is 35.5 Å². The third kappa shape index (κ3) is 1.67. The van der Waals surface area contributed by atoms with E-state index in [9.17, 15) is 0 Å². The largest absolute Gasteiger partial charge is 0.382 e. The first-order chi connectivity index (χ1) is 6.40. The summed E-state index contributed by atoms with van der Waals surface area (Å²) in [6.45, 7) is 0. The van der Waals surface area contributed by atoms with Crippen molar-refractivity contribution in [2.45, 2.75) is 25.3 Å². The Hall–Kier alpha value is -1.42. The molecule has 0 amide bonds. The van der Waals surface area contributed by atoms with Crippen LogP contribution in [-0.2, 0) is 6.42 Å². The van der Waals surface area contributed by atoms with Gasteiger partial charge in [-0.05, 0) is 24.5 Å². The monoisotopic (exact) mass is 171 g/mol. The van der Waals surface area contributed by atoms with Gasteiger partial charge in [-0.15, -0.1) is 12.3 Å². The lowest BCUT2D eigenvalue weighted by Crippen LogP contribution is -2.14. The Labute approximate surface area is 79.2 Å². The molecule has 0 aliphatic carbocycles. The van der Waals surface area contributed by atoms with Gasteiger partial charge in [0.1, 0.15) is 0 Å². The van der Waals surface area contributed by atoms with Gasteiger partial charge in [-0.3, -0.25) is 0 Å².